The van der Waals surface area contributed by atoms with Gasteiger partial charge in [0.1, 0.15) is 0 Å². The predicted molar refractivity (Wildman–Crippen MR) is 105 cm³/mol. The third-order valence-corrected chi connectivity index (χ3v) is 7.32. The lowest BCUT2D eigenvalue weighted by Crippen LogP contribution is -2.26. The summed E-state index contributed by atoms with van der Waals surface area (Å²) in [4.78, 5) is 0. The first-order valence-electron chi connectivity index (χ1n) is 9.38. The lowest BCUT2D eigenvalue weighted by atomic mass is 9.71. The molecule has 0 aliphatic heterocycles. The maximum atomic E-state index is 2.49. The molecular weight excluding hydrogens is 288 g/mol. The van der Waals surface area contributed by atoms with E-state index in [2.05, 4.69) is 81.4 Å². The monoisotopic (exact) mass is 316 g/mol. The maximum Gasteiger partial charge on any atom is -0.0105 e. The van der Waals surface area contributed by atoms with Crippen LogP contribution in [0.2, 0.25) is 0 Å². The second kappa shape index (κ2) is 5.62. The van der Waals surface area contributed by atoms with E-state index in [-0.39, 0.29) is 0 Å². The van der Waals surface area contributed by atoms with E-state index in [4.69, 9.17) is 0 Å². The lowest BCUT2D eigenvalue weighted by molar-refractivity contribution is 0.152. The van der Waals surface area contributed by atoms with Crippen molar-refractivity contribution in [1.29, 1.82) is 0 Å². The molecule has 2 aliphatic carbocycles. The third kappa shape index (κ3) is 2.35. The van der Waals surface area contributed by atoms with E-state index >= 15 is 0 Å². The Bertz CT molecular complexity index is 806. The summed E-state index contributed by atoms with van der Waals surface area (Å²) in [6.45, 7) is 7.43. The summed E-state index contributed by atoms with van der Waals surface area (Å²) in [6.07, 6.45) is 5.99. The molecule has 2 fully saturated rings. The van der Waals surface area contributed by atoms with Crippen LogP contribution in [0.3, 0.4) is 0 Å². The van der Waals surface area contributed by atoms with Gasteiger partial charge in [-0.2, -0.15) is 0 Å². The lowest BCUT2D eigenvalue weighted by Gasteiger charge is -2.34. The molecule has 5 rings (SSSR count). The Morgan fingerprint density at radius 1 is 0.667 bits per heavy atom. The van der Waals surface area contributed by atoms with Crippen molar-refractivity contribution in [2.75, 3.05) is 0 Å². The normalized spacial score (nSPS) is 27.2. The Labute approximate surface area is 145 Å². The smallest absolute Gasteiger partial charge is 0.0105 e. The van der Waals surface area contributed by atoms with E-state index in [1.165, 1.54) is 47.2 Å². The molecule has 0 aromatic heterocycles. The van der Waals surface area contributed by atoms with Crippen LogP contribution < -0.4 is 0 Å². The maximum absolute atomic E-state index is 2.49. The largest absolute Gasteiger partial charge is 0.0616 e. The van der Waals surface area contributed by atoms with Gasteiger partial charge in [0.25, 0.3) is 0 Å². The van der Waals surface area contributed by atoms with Crippen LogP contribution in [0.5, 0.6) is 0 Å². The van der Waals surface area contributed by atoms with Gasteiger partial charge in [-0.1, -0.05) is 81.4 Å². The fourth-order valence-corrected chi connectivity index (χ4v) is 5.07. The number of benzene rings is 3. The zero-order valence-corrected chi connectivity index (χ0v) is 15.2. The number of hydrogen-bond donors (Lipinski definition) is 0. The number of hydrogen-bond acceptors (Lipinski definition) is 0. The standard InChI is InChI=1S/C14H10.C10H18/c1-3-7-13-11(5-1)9-10-12-6-2-4-8-14(12)13;1-9(2)8-4-6-10(9,3)7-5-8/h1-10H;8H,4-7H2,1-3H3. The zero-order valence-electron chi connectivity index (χ0n) is 15.2. The van der Waals surface area contributed by atoms with Gasteiger partial charge < -0.3 is 0 Å². The third-order valence-electron chi connectivity index (χ3n) is 7.32. The molecule has 0 saturated heterocycles. The first kappa shape index (κ1) is 15.7. The molecule has 24 heavy (non-hydrogen) atoms. The Balaban J connectivity index is 0.000000129. The van der Waals surface area contributed by atoms with Crippen LogP contribution in [0, 0.1) is 16.7 Å². The van der Waals surface area contributed by atoms with Crippen LogP contribution in [-0.2, 0) is 0 Å². The Kier molecular flexibility index (Phi) is 3.67. The summed E-state index contributed by atoms with van der Waals surface area (Å²) in [5.74, 6) is 1.05. The van der Waals surface area contributed by atoms with Crippen molar-refractivity contribution < 1.29 is 0 Å². The molecular formula is C24H28. The number of fused-ring (bicyclic) bond motifs is 5. The molecule has 2 saturated carbocycles. The van der Waals surface area contributed by atoms with E-state index in [1.807, 2.05) is 0 Å². The van der Waals surface area contributed by atoms with Crippen LogP contribution >= 0.6 is 0 Å². The average Bonchev–Trinajstić information content (AvgIpc) is 2.97. The molecule has 3 aromatic carbocycles. The van der Waals surface area contributed by atoms with E-state index in [1.54, 1.807) is 0 Å². The van der Waals surface area contributed by atoms with Gasteiger partial charge in [0.2, 0.25) is 0 Å². The van der Waals surface area contributed by atoms with E-state index in [0.717, 1.165) is 5.92 Å². The second-order valence-corrected chi connectivity index (χ2v) is 8.56. The molecule has 0 spiro atoms. The molecule has 0 N–H and O–H groups in total. The van der Waals surface area contributed by atoms with Crippen molar-refractivity contribution in [3.05, 3.63) is 60.7 Å². The van der Waals surface area contributed by atoms with Crippen LogP contribution in [0.15, 0.2) is 60.7 Å². The minimum absolute atomic E-state index is 0.660. The summed E-state index contributed by atoms with van der Waals surface area (Å²) in [5, 5.41) is 5.30. The molecule has 2 aliphatic rings. The highest BCUT2D eigenvalue weighted by Crippen LogP contribution is 2.65. The highest BCUT2D eigenvalue weighted by Gasteiger charge is 2.55. The fourth-order valence-electron chi connectivity index (χ4n) is 5.07. The van der Waals surface area contributed by atoms with Gasteiger partial charge in [-0.05, 0) is 64.0 Å². The quantitative estimate of drug-likeness (QED) is 0.384. The van der Waals surface area contributed by atoms with Gasteiger partial charge >= 0.3 is 0 Å². The molecule has 0 radical (unpaired) electrons. The van der Waals surface area contributed by atoms with Gasteiger partial charge in [0, 0.05) is 0 Å². The van der Waals surface area contributed by atoms with Crippen molar-refractivity contribution in [3.8, 4) is 0 Å². The zero-order chi connectivity index (χ0) is 16.8. The molecule has 0 unspecified atom stereocenters. The van der Waals surface area contributed by atoms with Crippen LogP contribution in [-0.4, -0.2) is 0 Å². The predicted octanol–water partition coefficient (Wildman–Crippen LogP) is 7.22. The summed E-state index contributed by atoms with van der Waals surface area (Å²) in [7, 11) is 0. The Morgan fingerprint density at radius 3 is 1.46 bits per heavy atom. The summed E-state index contributed by atoms with van der Waals surface area (Å²) >= 11 is 0. The first-order valence-corrected chi connectivity index (χ1v) is 9.38. The molecule has 3 aromatic rings. The SMILES string of the molecule is CC12CCC(CC1)C2(C)C.c1ccc2c(c1)ccc1ccccc12. The summed E-state index contributed by atoms with van der Waals surface area (Å²) < 4.78 is 0. The fraction of sp³-hybridized carbons (Fsp3) is 0.417. The average molecular weight is 316 g/mol. The Morgan fingerprint density at radius 2 is 1.12 bits per heavy atom. The second-order valence-electron chi connectivity index (χ2n) is 8.56. The number of rotatable bonds is 0. The van der Waals surface area contributed by atoms with Crippen LogP contribution in [0.4, 0.5) is 0 Å². The van der Waals surface area contributed by atoms with E-state index < -0.39 is 0 Å². The van der Waals surface area contributed by atoms with E-state index in [9.17, 15) is 0 Å². The first-order chi connectivity index (χ1) is 11.5. The molecule has 0 amide bonds. The minimum atomic E-state index is 0.660. The van der Waals surface area contributed by atoms with Gasteiger partial charge in [0.15, 0.2) is 0 Å². The van der Waals surface area contributed by atoms with Gasteiger partial charge in [-0.25, -0.2) is 0 Å². The molecule has 124 valence electrons. The van der Waals surface area contributed by atoms with Crippen molar-refractivity contribution >= 4 is 21.5 Å². The van der Waals surface area contributed by atoms with Crippen molar-refractivity contribution in [2.45, 2.75) is 46.5 Å². The molecule has 0 atom stereocenters. The summed E-state index contributed by atoms with van der Waals surface area (Å²) in [5.41, 5.74) is 1.37. The van der Waals surface area contributed by atoms with Gasteiger partial charge in [0.05, 0.1) is 0 Å². The highest BCUT2D eigenvalue weighted by atomic mass is 14.6. The minimum Gasteiger partial charge on any atom is -0.0616 e. The topological polar surface area (TPSA) is 0 Å². The van der Waals surface area contributed by atoms with Gasteiger partial charge in [-0.15, -0.1) is 0 Å². The van der Waals surface area contributed by atoms with Gasteiger partial charge in [-0.3, -0.25) is 0 Å². The highest BCUT2D eigenvalue weighted by molar-refractivity contribution is 6.07. The molecule has 0 heterocycles. The van der Waals surface area contributed by atoms with Crippen molar-refractivity contribution in [3.63, 3.8) is 0 Å². The molecule has 2 bridgehead atoms. The van der Waals surface area contributed by atoms with Crippen molar-refractivity contribution in [2.24, 2.45) is 16.7 Å². The van der Waals surface area contributed by atoms with Crippen molar-refractivity contribution in [1.82, 2.24) is 0 Å². The van der Waals surface area contributed by atoms with Crippen LogP contribution in [0.25, 0.3) is 21.5 Å². The Hall–Kier alpha value is -1.82. The molecule has 0 nitrogen and oxygen atoms in total. The molecule has 0 heteroatoms. The summed E-state index contributed by atoms with van der Waals surface area (Å²) in [6, 6.07) is 21.4. The van der Waals surface area contributed by atoms with Crippen LogP contribution in [0.1, 0.15) is 46.5 Å². The van der Waals surface area contributed by atoms with E-state index in [0.29, 0.717) is 10.8 Å².